The Morgan fingerprint density at radius 3 is 1.82 bits per heavy atom. The molecule has 0 aromatic carbocycles. The molecule has 0 spiro atoms. The molecule has 0 amide bonds. The molecule has 2 bridgehead atoms. The summed E-state index contributed by atoms with van der Waals surface area (Å²) in [5, 5.41) is 6.31. The lowest BCUT2D eigenvalue weighted by Gasteiger charge is -2.58. The fourth-order valence-electron chi connectivity index (χ4n) is 2.07. The van der Waals surface area contributed by atoms with Crippen LogP contribution in [-0.4, -0.2) is 40.3 Å². The minimum Gasteiger partial charge on any atom is -0.294 e. The van der Waals surface area contributed by atoms with Gasteiger partial charge in [0.2, 0.25) is 0 Å². The molecule has 0 unspecified atom stereocenters. The molecule has 3 aliphatic heterocycles. The third-order valence-electron chi connectivity index (χ3n) is 3.38. The van der Waals surface area contributed by atoms with Crippen molar-refractivity contribution in [2.24, 2.45) is 5.14 Å². The molecule has 0 radical (unpaired) electrons. The van der Waals surface area contributed by atoms with Crippen LogP contribution < -0.4 is 5.14 Å². The van der Waals surface area contributed by atoms with Gasteiger partial charge in [0.15, 0.2) is 0 Å². The normalized spacial score (nSPS) is 61.3. The van der Waals surface area contributed by atoms with Crippen molar-refractivity contribution in [1.82, 2.24) is 0 Å². The molecule has 3 saturated heterocycles. The van der Waals surface area contributed by atoms with Gasteiger partial charge in [-0.15, -0.1) is 0 Å². The van der Waals surface area contributed by atoms with Crippen LogP contribution in [0.4, 0.5) is 0 Å². The van der Waals surface area contributed by atoms with Crippen LogP contribution in [-0.2, 0) is 0 Å². The first-order valence-corrected chi connectivity index (χ1v) is 8.98. The van der Waals surface area contributed by atoms with E-state index in [1.807, 2.05) is 0 Å². The molecule has 3 heteroatoms. The Balaban J connectivity index is 2.12. The Kier molecular flexibility index (Phi) is 1.93. The molecular formula is C8H19NS2. The second kappa shape index (κ2) is 2.57. The third-order valence-corrected chi connectivity index (χ3v) is 11.6. The van der Waals surface area contributed by atoms with Crippen molar-refractivity contribution in [2.75, 3.05) is 40.3 Å². The lowest BCUT2D eigenvalue weighted by Crippen LogP contribution is -2.43. The van der Waals surface area contributed by atoms with Crippen LogP contribution in [0.3, 0.4) is 0 Å². The largest absolute Gasteiger partial charge is 0.294 e. The molecule has 3 fully saturated rings. The Morgan fingerprint density at radius 2 is 1.45 bits per heavy atom. The molecule has 0 aromatic heterocycles. The second-order valence-corrected chi connectivity index (χ2v) is 11.6. The molecule has 3 aliphatic rings. The summed E-state index contributed by atoms with van der Waals surface area (Å²) in [5.41, 5.74) is 0. The van der Waals surface area contributed by atoms with Crippen LogP contribution in [0.15, 0.2) is 0 Å². The van der Waals surface area contributed by atoms with E-state index >= 15 is 0 Å². The van der Waals surface area contributed by atoms with Crippen molar-refractivity contribution in [3.8, 4) is 0 Å². The predicted molar refractivity (Wildman–Crippen MR) is 59.1 cm³/mol. The van der Waals surface area contributed by atoms with E-state index in [-0.39, 0.29) is 10.0 Å². The summed E-state index contributed by atoms with van der Waals surface area (Å²) in [7, 11) is -0.644. The molecule has 68 valence electrons. The molecule has 3 heterocycles. The van der Waals surface area contributed by atoms with Gasteiger partial charge in [0.05, 0.1) is 0 Å². The summed E-state index contributed by atoms with van der Waals surface area (Å²) in [6.07, 6.45) is 0. The molecule has 1 nitrogen and oxygen atoms in total. The van der Waals surface area contributed by atoms with Gasteiger partial charge >= 0.3 is 0 Å². The summed E-state index contributed by atoms with van der Waals surface area (Å²) in [5.74, 6) is 10.3. The molecular weight excluding hydrogens is 174 g/mol. The Hall–Kier alpha value is 0.660. The zero-order valence-electron chi connectivity index (χ0n) is 7.34. The highest BCUT2D eigenvalue weighted by molar-refractivity contribution is 8.41. The second-order valence-electron chi connectivity index (χ2n) is 3.85. The molecule has 11 heavy (non-hydrogen) atoms. The average Bonchev–Trinajstić information content (AvgIpc) is 2.07. The molecule has 3 rings (SSSR count). The Labute approximate surface area is 72.9 Å². The highest BCUT2D eigenvalue weighted by Gasteiger charge is 2.39. The van der Waals surface area contributed by atoms with E-state index in [4.69, 9.17) is 5.14 Å². The lowest BCUT2D eigenvalue weighted by molar-refractivity contribution is 1.19. The SMILES string of the molecule is CCS12CCS(N)(CC1)CC2. The maximum absolute atomic E-state index is 6.31. The Bertz CT molecular complexity index is 145. The summed E-state index contributed by atoms with van der Waals surface area (Å²) in [4.78, 5) is 0. The van der Waals surface area contributed by atoms with E-state index in [2.05, 4.69) is 6.92 Å². The van der Waals surface area contributed by atoms with Gasteiger partial charge in [-0.2, -0.15) is 10.2 Å². The third kappa shape index (κ3) is 1.31. The topological polar surface area (TPSA) is 26.0 Å². The first-order chi connectivity index (χ1) is 5.18. The molecule has 0 aliphatic carbocycles. The monoisotopic (exact) mass is 193 g/mol. The van der Waals surface area contributed by atoms with Crippen molar-refractivity contribution in [1.29, 1.82) is 0 Å². The minimum absolute atomic E-state index is 0.105. The van der Waals surface area contributed by atoms with Crippen molar-refractivity contribution in [2.45, 2.75) is 6.92 Å². The molecule has 0 aromatic rings. The number of nitrogens with two attached hydrogens (primary N) is 1. The van der Waals surface area contributed by atoms with Crippen LogP contribution in [0.1, 0.15) is 6.92 Å². The van der Waals surface area contributed by atoms with Crippen LogP contribution in [0, 0.1) is 0 Å². The van der Waals surface area contributed by atoms with Gasteiger partial charge < -0.3 is 0 Å². The van der Waals surface area contributed by atoms with E-state index in [9.17, 15) is 0 Å². The van der Waals surface area contributed by atoms with Crippen molar-refractivity contribution in [3.05, 3.63) is 0 Å². The van der Waals surface area contributed by atoms with E-state index in [0.29, 0.717) is 0 Å². The number of fused-ring (bicyclic) bond motifs is 3. The summed E-state index contributed by atoms with van der Waals surface area (Å²) >= 11 is 0. The van der Waals surface area contributed by atoms with Crippen LogP contribution in [0.2, 0.25) is 0 Å². The average molecular weight is 193 g/mol. The van der Waals surface area contributed by atoms with E-state index < -0.39 is 10.2 Å². The van der Waals surface area contributed by atoms with Crippen molar-refractivity contribution in [3.63, 3.8) is 0 Å². The maximum atomic E-state index is 6.31. The van der Waals surface area contributed by atoms with Gasteiger partial charge in [-0.1, -0.05) is 6.92 Å². The van der Waals surface area contributed by atoms with Crippen LogP contribution in [0.25, 0.3) is 0 Å². The summed E-state index contributed by atoms with van der Waals surface area (Å²) in [6, 6.07) is 0. The van der Waals surface area contributed by atoms with Crippen LogP contribution in [0.5, 0.6) is 0 Å². The summed E-state index contributed by atoms with van der Waals surface area (Å²) < 4.78 is 0. The van der Waals surface area contributed by atoms with Gasteiger partial charge in [0.1, 0.15) is 0 Å². The molecule has 0 saturated carbocycles. The number of hydrogen-bond donors (Lipinski definition) is 1. The fourth-order valence-corrected chi connectivity index (χ4v) is 12.4. The van der Waals surface area contributed by atoms with Gasteiger partial charge in [-0.25, -0.2) is 10.0 Å². The van der Waals surface area contributed by atoms with Gasteiger partial charge in [-0.05, 0) is 40.3 Å². The van der Waals surface area contributed by atoms with Gasteiger partial charge in [-0.3, -0.25) is 5.14 Å². The van der Waals surface area contributed by atoms with E-state index in [0.717, 1.165) is 0 Å². The fraction of sp³-hybridized carbons (Fsp3) is 1.00. The standard InChI is InChI=1S/C8H19NS2/c1-2-10-3-6-11(9,7-4-10)8-5-10/h2-9H2,1H3. The highest BCUT2D eigenvalue weighted by atomic mass is 32.3. The lowest BCUT2D eigenvalue weighted by atomic mass is 10.9. The van der Waals surface area contributed by atoms with Gasteiger partial charge in [0.25, 0.3) is 0 Å². The number of rotatable bonds is 1. The zero-order chi connectivity index (χ0) is 7.95. The predicted octanol–water partition coefficient (Wildman–Crippen LogP) is 1.52. The zero-order valence-corrected chi connectivity index (χ0v) is 8.98. The highest BCUT2D eigenvalue weighted by Crippen LogP contribution is 2.64. The number of hydrogen-bond acceptors (Lipinski definition) is 1. The quantitative estimate of drug-likeness (QED) is 0.671. The first kappa shape index (κ1) is 8.27. The van der Waals surface area contributed by atoms with E-state index in [1.165, 1.54) is 40.3 Å². The van der Waals surface area contributed by atoms with Gasteiger partial charge in [0, 0.05) is 0 Å². The minimum atomic E-state index is -0.540. The maximum Gasteiger partial charge on any atom is -0.00350 e. The van der Waals surface area contributed by atoms with Crippen LogP contribution >= 0.6 is 20.2 Å². The molecule has 0 atom stereocenters. The van der Waals surface area contributed by atoms with Crippen molar-refractivity contribution < 1.29 is 0 Å². The first-order valence-electron chi connectivity index (χ1n) is 4.46. The van der Waals surface area contributed by atoms with E-state index in [1.54, 1.807) is 0 Å². The Morgan fingerprint density at radius 1 is 1.00 bits per heavy atom. The van der Waals surface area contributed by atoms with Crippen molar-refractivity contribution >= 4 is 20.2 Å². The summed E-state index contributed by atoms with van der Waals surface area (Å²) in [6.45, 7) is 2.39. The molecule has 2 N–H and O–H groups in total. The smallest absolute Gasteiger partial charge is 0.00350 e.